The van der Waals surface area contributed by atoms with Crippen LogP contribution in [0.2, 0.25) is 0 Å². The molecule has 15 heavy (non-hydrogen) atoms. The van der Waals surface area contributed by atoms with E-state index in [0.29, 0.717) is 0 Å². The van der Waals surface area contributed by atoms with Gasteiger partial charge in [-0.05, 0) is 6.92 Å². The Hall–Kier alpha value is -0.820. The van der Waals surface area contributed by atoms with Crippen molar-refractivity contribution in [2.45, 2.75) is 19.3 Å². The van der Waals surface area contributed by atoms with Gasteiger partial charge in [0.25, 0.3) is 0 Å². The Labute approximate surface area is 86.4 Å². The fraction of sp³-hybridized carbons (Fsp3) is 0.875. The van der Waals surface area contributed by atoms with Gasteiger partial charge in [-0.3, -0.25) is 9.53 Å². The summed E-state index contributed by atoms with van der Waals surface area (Å²) in [4.78, 5) is 12.6. The molecule has 0 bridgehead atoms. The Morgan fingerprint density at radius 1 is 1.47 bits per heavy atom. The summed E-state index contributed by atoms with van der Waals surface area (Å²) in [6.07, 6.45) is -4.61. The number of rotatable bonds is 5. The SMILES string of the molecule is CC(NCCOC(F)(F)F)C(=O)N(C)C. The lowest BCUT2D eigenvalue weighted by Gasteiger charge is -2.18. The second-order valence-electron chi connectivity index (χ2n) is 3.20. The van der Waals surface area contributed by atoms with Crippen molar-refractivity contribution in [2.24, 2.45) is 0 Å². The number of amides is 1. The summed E-state index contributed by atoms with van der Waals surface area (Å²) in [5.41, 5.74) is 0. The third-order valence-electron chi connectivity index (χ3n) is 1.63. The number of carbonyl (C=O) groups excluding carboxylic acids is 1. The number of alkyl halides is 3. The van der Waals surface area contributed by atoms with Crippen LogP contribution in [-0.4, -0.2) is 50.5 Å². The molecule has 0 saturated carbocycles. The van der Waals surface area contributed by atoms with Crippen LogP contribution in [0.15, 0.2) is 0 Å². The summed E-state index contributed by atoms with van der Waals surface area (Å²) >= 11 is 0. The maximum absolute atomic E-state index is 11.5. The highest BCUT2D eigenvalue weighted by molar-refractivity contribution is 5.80. The first-order valence-electron chi connectivity index (χ1n) is 4.39. The van der Waals surface area contributed by atoms with Crippen molar-refractivity contribution >= 4 is 5.91 Å². The van der Waals surface area contributed by atoms with E-state index in [0.717, 1.165) is 0 Å². The van der Waals surface area contributed by atoms with Crippen molar-refractivity contribution < 1.29 is 22.7 Å². The number of ether oxygens (including phenoxy) is 1. The van der Waals surface area contributed by atoms with Gasteiger partial charge in [-0.2, -0.15) is 0 Å². The van der Waals surface area contributed by atoms with E-state index >= 15 is 0 Å². The number of likely N-dealkylation sites (N-methyl/N-ethyl adjacent to an activating group) is 1. The summed E-state index contributed by atoms with van der Waals surface area (Å²) in [5, 5.41) is 2.62. The van der Waals surface area contributed by atoms with E-state index in [2.05, 4.69) is 10.1 Å². The third-order valence-corrected chi connectivity index (χ3v) is 1.63. The Balaban J connectivity index is 3.65. The zero-order chi connectivity index (χ0) is 12.1. The molecule has 0 aromatic heterocycles. The number of hydrogen-bond donors (Lipinski definition) is 1. The normalized spacial score (nSPS) is 13.7. The largest absolute Gasteiger partial charge is 0.522 e. The monoisotopic (exact) mass is 228 g/mol. The number of carbonyl (C=O) groups is 1. The standard InChI is InChI=1S/C8H15F3N2O2/c1-6(7(14)13(2)3)12-4-5-15-8(9,10)11/h6,12H,4-5H2,1-3H3. The van der Waals surface area contributed by atoms with Gasteiger partial charge in [0.05, 0.1) is 12.6 Å². The van der Waals surface area contributed by atoms with Gasteiger partial charge in [0.1, 0.15) is 0 Å². The second-order valence-corrected chi connectivity index (χ2v) is 3.20. The molecule has 1 atom stereocenters. The lowest BCUT2D eigenvalue weighted by Crippen LogP contribution is -2.42. The van der Waals surface area contributed by atoms with Crippen LogP contribution in [0.25, 0.3) is 0 Å². The number of nitrogens with zero attached hydrogens (tertiary/aromatic N) is 1. The van der Waals surface area contributed by atoms with Gasteiger partial charge < -0.3 is 10.2 Å². The first-order valence-corrected chi connectivity index (χ1v) is 4.39. The molecule has 0 rings (SSSR count). The van der Waals surface area contributed by atoms with Crippen LogP contribution >= 0.6 is 0 Å². The summed E-state index contributed by atoms with van der Waals surface area (Å²) in [7, 11) is 3.15. The van der Waals surface area contributed by atoms with E-state index in [1.165, 1.54) is 4.90 Å². The molecule has 1 N–H and O–H groups in total. The van der Waals surface area contributed by atoms with E-state index in [9.17, 15) is 18.0 Å². The molecule has 0 saturated heterocycles. The van der Waals surface area contributed by atoms with E-state index in [-0.39, 0.29) is 12.5 Å². The average Bonchev–Trinajstić information content (AvgIpc) is 2.09. The van der Waals surface area contributed by atoms with Crippen LogP contribution < -0.4 is 5.32 Å². The van der Waals surface area contributed by atoms with Crippen LogP contribution in [0, 0.1) is 0 Å². The minimum atomic E-state index is -4.61. The van der Waals surface area contributed by atoms with Crippen molar-refractivity contribution in [3.63, 3.8) is 0 Å². The summed E-state index contributed by atoms with van der Waals surface area (Å²) in [6, 6.07) is -0.517. The molecule has 0 fully saturated rings. The van der Waals surface area contributed by atoms with Crippen molar-refractivity contribution in [1.29, 1.82) is 0 Å². The summed E-state index contributed by atoms with van der Waals surface area (Å²) < 4.78 is 38.2. The fourth-order valence-electron chi connectivity index (χ4n) is 0.917. The molecule has 0 radical (unpaired) electrons. The summed E-state index contributed by atoms with van der Waals surface area (Å²) in [5.74, 6) is -0.193. The zero-order valence-electron chi connectivity index (χ0n) is 8.89. The third kappa shape index (κ3) is 7.15. The molecule has 0 spiro atoms. The number of nitrogens with one attached hydrogen (secondary N) is 1. The zero-order valence-corrected chi connectivity index (χ0v) is 8.89. The second kappa shape index (κ2) is 5.92. The quantitative estimate of drug-likeness (QED) is 0.700. The molecular formula is C8H15F3N2O2. The van der Waals surface area contributed by atoms with Crippen molar-refractivity contribution in [1.82, 2.24) is 10.2 Å². The molecule has 7 heteroatoms. The summed E-state index contributed by atoms with van der Waals surface area (Å²) in [6.45, 7) is 1.05. The maximum Gasteiger partial charge on any atom is 0.522 e. The molecular weight excluding hydrogens is 213 g/mol. The van der Waals surface area contributed by atoms with E-state index < -0.39 is 19.0 Å². The fourth-order valence-corrected chi connectivity index (χ4v) is 0.917. The Bertz CT molecular complexity index is 207. The van der Waals surface area contributed by atoms with E-state index in [4.69, 9.17) is 0 Å². The van der Waals surface area contributed by atoms with Gasteiger partial charge in [0.2, 0.25) is 5.91 Å². The molecule has 4 nitrogen and oxygen atoms in total. The van der Waals surface area contributed by atoms with E-state index in [1.54, 1.807) is 21.0 Å². The maximum atomic E-state index is 11.5. The van der Waals surface area contributed by atoms with Gasteiger partial charge in [0, 0.05) is 20.6 Å². The van der Waals surface area contributed by atoms with Gasteiger partial charge >= 0.3 is 6.36 Å². The molecule has 0 aromatic rings. The lowest BCUT2D eigenvalue weighted by atomic mass is 10.3. The Kier molecular flexibility index (Phi) is 5.59. The predicted molar refractivity (Wildman–Crippen MR) is 48.2 cm³/mol. The van der Waals surface area contributed by atoms with Gasteiger partial charge in [-0.15, -0.1) is 13.2 Å². The van der Waals surface area contributed by atoms with Gasteiger partial charge in [0.15, 0.2) is 0 Å². The van der Waals surface area contributed by atoms with Crippen LogP contribution in [0.4, 0.5) is 13.2 Å². The molecule has 0 aliphatic carbocycles. The molecule has 0 aliphatic rings. The lowest BCUT2D eigenvalue weighted by molar-refractivity contribution is -0.323. The Morgan fingerprint density at radius 3 is 2.40 bits per heavy atom. The molecule has 0 aromatic carbocycles. The minimum absolute atomic E-state index is 0.0275. The number of halogens is 3. The molecule has 0 aliphatic heterocycles. The Morgan fingerprint density at radius 2 is 2.00 bits per heavy atom. The van der Waals surface area contributed by atoms with E-state index in [1.807, 2.05) is 0 Å². The van der Waals surface area contributed by atoms with Crippen molar-refractivity contribution in [3.05, 3.63) is 0 Å². The molecule has 1 amide bonds. The highest BCUT2D eigenvalue weighted by Crippen LogP contribution is 2.15. The van der Waals surface area contributed by atoms with Gasteiger partial charge in [-0.25, -0.2) is 0 Å². The van der Waals surface area contributed by atoms with Crippen molar-refractivity contribution in [3.8, 4) is 0 Å². The van der Waals surface area contributed by atoms with Gasteiger partial charge in [-0.1, -0.05) is 0 Å². The van der Waals surface area contributed by atoms with Crippen LogP contribution in [-0.2, 0) is 9.53 Å². The molecule has 90 valence electrons. The molecule has 0 heterocycles. The highest BCUT2D eigenvalue weighted by atomic mass is 19.4. The minimum Gasteiger partial charge on any atom is -0.347 e. The predicted octanol–water partition coefficient (Wildman–Crippen LogP) is 0.589. The topological polar surface area (TPSA) is 41.6 Å². The smallest absolute Gasteiger partial charge is 0.347 e. The van der Waals surface area contributed by atoms with Crippen LogP contribution in [0.3, 0.4) is 0 Å². The number of hydrogen-bond acceptors (Lipinski definition) is 3. The highest BCUT2D eigenvalue weighted by Gasteiger charge is 2.28. The van der Waals surface area contributed by atoms with Crippen LogP contribution in [0.5, 0.6) is 0 Å². The average molecular weight is 228 g/mol. The van der Waals surface area contributed by atoms with Crippen LogP contribution in [0.1, 0.15) is 6.92 Å². The first kappa shape index (κ1) is 14.2. The van der Waals surface area contributed by atoms with Crippen molar-refractivity contribution in [2.75, 3.05) is 27.2 Å². The first-order chi connectivity index (χ1) is 6.74. The molecule has 1 unspecified atom stereocenters.